The molecule has 1 aliphatic heterocycles. The van der Waals surface area contributed by atoms with E-state index in [1.54, 1.807) is 0 Å². The maximum atomic E-state index is 10.8. The third-order valence-corrected chi connectivity index (χ3v) is 2.27. The number of aryl methyl sites for hydroxylation is 1. The normalized spacial score (nSPS) is 17.7. The quantitative estimate of drug-likeness (QED) is 0.547. The Morgan fingerprint density at radius 2 is 2.27 bits per heavy atom. The first-order valence-electron chi connectivity index (χ1n) is 4.50. The van der Waals surface area contributed by atoms with Gasteiger partial charge in [0.25, 0.3) is 0 Å². The van der Waals surface area contributed by atoms with Gasteiger partial charge in [-0.25, -0.2) is 4.79 Å². The topological polar surface area (TPSA) is 99.9 Å². The molecule has 15 heavy (non-hydrogen) atoms. The fourth-order valence-electron chi connectivity index (χ4n) is 1.54. The molecule has 7 heteroatoms. The molecule has 0 spiro atoms. The SMILES string of the molecule is O=C(O)c1ccnc2c1O[B-](O)(O)CC2. The van der Waals surface area contributed by atoms with Crippen LogP contribution in [0.1, 0.15) is 16.1 Å². The second-order valence-corrected chi connectivity index (χ2v) is 3.45. The number of fused-ring (bicyclic) bond motifs is 1. The van der Waals surface area contributed by atoms with Gasteiger partial charge >= 0.3 is 12.7 Å². The van der Waals surface area contributed by atoms with Crippen molar-refractivity contribution in [1.29, 1.82) is 0 Å². The predicted octanol–water partition coefficient (Wildman–Crippen LogP) is -0.362. The number of aromatic carboxylic acids is 1. The van der Waals surface area contributed by atoms with Crippen molar-refractivity contribution in [1.82, 2.24) is 4.98 Å². The van der Waals surface area contributed by atoms with Gasteiger partial charge in [-0.3, -0.25) is 4.98 Å². The number of nitrogens with zero attached hydrogens (tertiary/aromatic N) is 1. The molecule has 0 aromatic carbocycles. The third-order valence-electron chi connectivity index (χ3n) is 2.27. The monoisotopic (exact) mass is 210 g/mol. The van der Waals surface area contributed by atoms with Crippen LogP contribution in [-0.4, -0.2) is 32.9 Å². The lowest BCUT2D eigenvalue weighted by Crippen LogP contribution is -2.45. The number of hydrogen-bond acceptors (Lipinski definition) is 5. The van der Waals surface area contributed by atoms with Crippen molar-refractivity contribution in [3.63, 3.8) is 0 Å². The van der Waals surface area contributed by atoms with Crippen molar-refractivity contribution in [2.24, 2.45) is 0 Å². The molecule has 0 fully saturated rings. The van der Waals surface area contributed by atoms with E-state index < -0.39 is 12.7 Å². The first-order chi connectivity index (χ1) is 6.99. The van der Waals surface area contributed by atoms with Gasteiger partial charge in [-0.1, -0.05) is 6.32 Å². The molecule has 80 valence electrons. The molecule has 2 heterocycles. The zero-order valence-electron chi connectivity index (χ0n) is 7.75. The van der Waals surface area contributed by atoms with Crippen molar-refractivity contribution in [2.45, 2.75) is 12.7 Å². The fourth-order valence-corrected chi connectivity index (χ4v) is 1.54. The number of hydrogen-bond donors (Lipinski definition) is 3. The van der Waals surface area contributed by atoms with E-state index in [4.69, 9.17) is 9.76 Å². The zero-order chi connectivity index (χ0) is 11.1. The van der Waals surface area contributed by atoms with Crippen molar-refractivity contribution in [3.05, 3.63) is 23.5 Å². The Bertz CT molecular complexity index is 419. The second kappa shape index (κ2) is 3.21. The van der Waals surface area contributed by atoms with Crippen LogP contribution >= 0.6 is 0 Å². The molecule has 3 N–H and O–H groups in total. The van der Waals surface area contributed by atoms with Gasteiger partial charge < -0.3 is 19.8 Å². The minimum absolute atomic E-state index is 0.0308. The predicted molar refractivity (Wildman–Crippen MR) is 50.5 cm³/mol. The van der Waals surface area contributed by atoms with Crippen LogP contribution in [0, 0.1) is 0 Å². The minimum atomic E-state index is -2.94. The van der Waals surface area contributed by atoms with Gasteiger partial charge in [0.15, 0.2) is 0 Å². The number of rotatable bonds is 1. The van der Waals surface area contributed by atoms with Gasteiger partial charge in [-0.05, 0) is 12.5 Å². The third kappa shape index (κ3) is 1.79. The molecule has 0 saturated heterocycles. The van der Waals surface area contributed by atoms with Crippen molar-refractivity contribution < 1.29 is 24.6 Å². The van der Waals surface area contributed by atoms with E-state index in [0.29, 0.717) is 12.1 Å². The number of carbonyl (C=O) groups is 1. The molecule has 1 aromatic rings. The van der Waals surface area contributed by atoms with Gasteiger partial charge in [0.2, 0.25) is 0 Å². The van der Waals surface area contributed by atoms with Crippen LogP contribution in [0.15, 0.2) is 12.3 Å². The van der Waals surface area contributed by atoms with Crippen LogP contribution in [0.25, 0.3) is 0 Å². The summed E-state index contributed by atoms with van der Waals surface area (Å²) in [5, 5.41) is 27.5. The summed E-state index contributed by atoms with van der Waals surface area (Å²) in [6, 6.07) is 1.26. The summed E-state index contributed by atoms with van der Waals surface area (Å²) in [5.41, 5.74) is 0.338. The standard InChI is InChI=1S/C8H9BNO5/c11-8(12)5-2-4-10-6-1-3-9(13,14)15-7(5)6/h2,4,13-14H,1,3H2,(H,11,12)/q-1. The molecular weight excluding hydrogens is 201 g/mol. The van der Waals surface area contributed by atoms with Gasteiger partial charge in [-0.15, -0.1) is 0 Å². The van der Waals surface area contributed by atoms with Crippen LogP contribution < -0.4 is 4.65 Å². The summed E-state index contributed by atoms with van der Waals surface area (Å²) in [6.07, 6.45) is 1.69. The molecule has 0 amide bonds. The molecule has 0 saturated carbocycles. The highest BCUT2D eigenvalue weighted by Gasteiger charge is 2.31. The summed E-state index contributed by atoms with van der Waals surface area (Å²) in [7, 11) is 0. The second-order valence-electron chi connectivity index (χ2n) is 3.45. The van der Waals surface area contributed by atoms with Crippen molar-refractivity contribution in [2.75, 3.05) is 0 Å². The Morgan fingerprint density at radius 3 is 2.93 bits per heavy atom. The molecule has 1 aromatic heterocycles. The number of carboxylic acids is 1. The molecule has 6 nitrogen and oxygen atoms in total. The van der Waals surface area contributed by atoms with Gasteiger partial charge in [0.1, 0.15) is 11.3 Å². The Morgan fingerprint density at radius 1 is 1.53 bits per heavy atom. The summed E-state index contributed by atoms with van der Waals surface area (Å²) in [6.45, 7) is -2.94. The van der Waals surface area contributed by atoms with Crippen LogP contribution in [-0.2, 0) is 6.42 Å². The van der Waals surface area contributed by atoms with E-state index in [0.717, 1.165) is 0 Å². The lowest BCUT2D eigenvalue weighted by atomic mass is 9.71. The number of pyridine rings is 1. The van der Waals surface area contributed by atoms with Crippen LogP contribution in [0.2, 0.25) is 6.32 Å². The minimum Gasteiger partial charge on any atom is -0.668 e. The van der Waals surface area contributed by atoms with E-state index in [1.165, 1.54) is 12.3 Å². The van der Waals surface area contributed by atoms with E-state index >= 15 is 0 Å². The summed E-state index contributed by atoms with van der Waals surface area (Å²) < 4.78 is 4.84. The Balaban J connectivity index is 2.50. The van der Waals surface area contributed by atoms with E-state index in [9.17, 15) is 14.8 Å². The molecule has 0 aliphatic carbocycles. The largest absolute Gasteiger partial charge is 0.668 e. The van der Waals surface area contributed by atoms with E-state index in [1.807, 2.05) is 0 Å². The average Bonchev–Trinajstić information content (AvgIpc) is 2.15. The summed E-state index contributed by atoms with van der Waals surface area (Å²) in [4.78, 5) is 14.7. The summed E-state index contributed by atoms with van der Waals surface area (Å²) >= 11 is 0. The molecule has 0 bridgehead atoms. The number of aromatic nitrogens is 1. The van der Waals surface area contributed by atoms with Crippen LogP contribution in [0.4, 0.5) is 0 Å². The van der Waals surface area contributed by atoms with Gasteiger partial charge in [-0.2, -0.15) is 0 Å². The van der Waals surface area contributed by atoms with E-state index in [2.05, 4.69) is 4.98 Å². The maximum Gasteiger partial charge on any atom is 0.430 e. The van der Waals surface area contributed by atoms with Gasteiger partial charge in [0, 0.05) is 6.20 Å². The summed E-state index contributed by atoms with van der Waals surface area (Å²) in [5.74, 6) is -1.22. The Kier molecular flexibility index (Phi) is 2.13. The molecule has 0 radical (unpaired) electrons. The van der Waals surface area contributed by atoms with E-state index in [-0.39, 0.29) is 17.6 Å². The highest BCUT2D eigenvalue weighted by Crippen LogP contribution is 2.31. The van der Waals surface area contributed by atoms with Crippen LogP contribution in [0.5, 0.6) is 5.75 Å². The van der Waals surface area contributed by atoms with Crippen LogP contribution in [0.3, 0.4) is 0 Å². The Labute approximate surface area is 85.2 Å². The van der Waals surface area contributed by atoms with Crippen molar-refractivity contribution >= 4 is 12.7 Å². The fraction of sp³-hybridized carbons (Fsp3) is 0.250. The average molecular weight is 210 g/mol. The smallest absolute Gasteiger partial charge is 0.430 e. The molecule has 0 unspecified atom stereocenters. The Hall–Kier alpha value is -1.60. The molecule has 0 atom stereocenters. The lowest BCUT2D eigenvalue weighted by Gasteiger charge is -2.36. The first kappa shape index (κ1) is 9.94. The lowest BCUT2D eigenvalue weighted by molar-refractivity contribution is 0.0693. The van der Waals surface area contributed by atoms with Crippen molar-refractivity contribution in [3.8, 4) is 5.75 Å². The molecule has 2 rings (SSSR count). The molecule has 1 aliphatic rings. The van der Waals surface area contributed by atoms with Gasteiger partial charge in [0.05, 0.1) is 5.69 Å². The maximum absolute atomic E-state index is 10.8. The molecular formula is C8H9BNO5-. The highest BCUT2D eigenvalue weighted by atomic mass is 16.6. The zero-order valence-corrected chi connectivity index (χ0v) is 7.75. The highest BCUT2D eigenvalue weighted by molar-refractivity contribution is 6.59. The number of carboxylic acid groups (broad SMARTS) is 1. The first-order valence-corrected chi connectivity index (χ1v) is 4.50.